The van der Waals surface area contributed by atoms with Crippen LogP contribution in [0.4, 0.5) is 9.59 Å². The minimum atomic E-state index is -0.681. The van der Waals surface area contributed by atoms with Gasteiger partial charge in [0.25, 0.3) is 0 Å². The summed E-state index contributed by atoms with van der Waals surface area (Å²) in [6.45, 7) is 8.37. The van der Waals surface area contributed by atoms with Gasteiger partial charge in [-0.2, -0.15) is 0 Å². The molecule has 0 aromatic rings. The van der Waals surface area contributed by atoms with E-state index < -0.39 is 23.8 Å². The lowest BCUT2D eigenvalue weighted by atomic mass is 10.2. The molecule has 1 aliphatic rings. The van der Waals surface area contributed by atoms with Crippen LogP contribution in [0.5, 0.6) is 0 Å². The maximum atomic E-state index is 11.9. The topological polar surface area (TPSA) is 65.1 Å². The van der Waals surface area contributed by atoms with Crippen molar-refractivity contribution in [1.29, 1.82) is 0 Å². The van der Waals surface area contributed by atoms with Gasteiger partial charge in [-0.15, -0.1) is 0 Å². The van der Waals surface area contributed by atoms with Crippen molar-refractivity contribution in [3.8, 4) is 0 Å². The monoisotopic (exact) mass is 273 g/mol. The molecule has 0 aromatic heterocycles. The highest BCUT2D eigenvalue weighted by atomic mass is 16.6. The third-order valence-corrected chi connectivity index (χ3v) is 2.50. The van der Waals surface area contributed by atoms with E-state index in [4.69, 9.17) is 14.2 Å². The van der Waals surface area contributed by atoms with Crippen molar-refractivity contribution in [3.63, 3.8) is 0 Å². The van der Waals surface area contributed by atoms with E-state index in [0.717, 1.165) is 17.7 Å². The summed E-state index contributed by atoms with van der Waals surface area (Å²) in [5.74, 6) is 0. The Morgan fingerprint density at radius 2 is 2.16 bits per heavy atom. The number of amides is 2. The maximum Gasteiger partial charge on any atom is 0.420 e. The van der Waals surface area contributed by atoms with Crippen LogP contribution >= 0.6 is 0 Å². The first-order valence-electron chi connectivity index (χ1n) is 6.62. The van der Waals surface area contributed by atoms with Gasteiger partial charge in [-0.05, 0) is 27.2 Å². The zero-order chi connectivity index (χ0) is 14.5. The fourth-order valence-electron chi connectivity index (χ4n) is 1.58. The zero-order valence-electron chi connectivity index (χ0n) is 12.1. The summed E-state index contributed by atoms with van der Waals surface area (Å²) in [7, 11) is 0. The van der Waals surface area contributed by atoms with E-state index in [0.29, 0.717) is 6.61 Å². The van der Waals surface area contributed by atoms with E-state index in [1.54, 1.807) is 20.8 Å². The number of unbranched alkanes of at least 4 members (excludes halogenated alkanes) is 1. The molecule has 19 heavy (non-hydrogen) atoms. The van der Waals surface area contributed by atoms with Crippen LogP contribution in [-0.4, -0.2) is 48.5 Å². The highest BCUT2D eigenvalue weighted by molar-refractivity contribution is 5.89. The standard InChI is InChI=1S/C13H23NO5/c1-5-6-7-17-8-10-9-18-11(15)14(10)12(16)19-13(2,3)4/h10H,5-9H2,1-4H3. The molecular weight excluding hydrogens is 250 g/mol. The average molecular weight is 273 g/mol. The second-order valence-electron chi connectivity index (χ2n) is 5.51. The van der Waals surface area contributed by atoms with Gasteiger partial charge in [0.15, 0.2) is 0 Å². The van der Waals surface area contributed by atoms with E-state index in [-0.39, 0.29) is 13.2 Å². The fraction of sp³-hybridized carbons (Fsp3) is 0.846. The van der Waals surface area contributed by atoms with Crippen LogP contribution in [0, 0.1) is 0 Å². The molecule has 0 spiro atoms. The quantitative estimate of drug-likeness (QED) is 0.720. The SMILES string of the molecule is CCCCOCC1COC(=O)N1C(=O)OC(C)(C)C. The number of hydrogen-bond acceptors (Lipinski definition) is 5. The lowest BCUT2D eigenvalue weighted by Gasteiger charge is -2.25. The third-order valence-electron chi connectivity index (χ3n) is 2.50. The molecule has 1 atom stereocenters. The van der Waals surface area contributed by atoms with Crippen molar-refractivity contribution in [2.75, 3.05) is 19.8 Å². The number of carbonyl (C=O) groups excluding carboxylic acids is 2. The molecule has 1 rings (SSSR count). The maximum absolute atomic E-state index is 11.9. The number of rotatable bonds is 5. The minimum absolute atomic E-state index is 0.157. The Hall–Kier alpha value is -1.30. The predicted molar refractivity (Wildman–Crippen MR) is 68.9 cm³/mol. The van der Waals surface area contributed by atoms with Crippen LogP contribution in [0.1, 0.15) is 40.5 Å². The third kappa shape index (κ3) is 5.06. The molecule has 0 bridgehead atoms. The fourth-order valence-corrected chi connectivity index (χ4v) is 1.58. The predicted octanol–water partition coefficient (Wildman–Crippen LogP) is 2.56. The van der Waals surface area contributed by atoms with Crippen molar-refractivity contribution in [2.24, 2.45) is 0 Å². The summed E-state index contributed by atoms with van der Waals surface area (Å²) in [6, 6.07) is -0.404. The van der Waals surface area contributed by atoms with Gasteiger partial charge < -0.3 is 14.2 Å². The van der Waals surface area contributed by atoms with E-state index >= 15 is 0 Å². The first-order valence-corrected chi connectivity index (χ1v) is 6.62. The molecule has 0 N–H and O–H groups in total. The van der Waals surface area contributed by atoms with E-state index in [1.165, 1.54) is 0 Å². The number of hydrogen-bond donors (Lipinski definition) is 0. The number of nitrogens with zero attached hydrogens (tertiary/aromatic N) is 1. The molecule has 1 heterocycles. The first-order chi connectivity index (χ1) is 8.85. The van der Waals surface area contributed by atoms with E-state index in [9.17, 15) is 9.59 Å². The Morgan fingerprint density at radius 1 is 1.47 bits per heavy atom. The minimum Gasteiger partial charge on any atom is -0.447 e. The summed E-state index contributed by atoms with van der Waals surface area (Å²) < 4.78 is 15.5. The van der Waals surface area contributed by atoms with Crippen LogP contribution in [0.3, 0.4) is 0 Å². The number of carbonyl (C=O) groups is 2. The van der Waals surface area contributed by atoms with Gasteiger partial charge in [-0.25, -0.2) is 14.5 Å². The van der Waals surface area contributed by atoms with Crippen molar-refractivity contribution in [1.82, 2.24) is 4.90 Å². The van der Waals surface area contributed by atoms with Crippen molar-refractivity contribution in [3.05, 3.63) is 0 Å². The van der Waals surface area contributed by atoms with Gasteiger partial charge in [0, 0.05) is 6.61 Å². The normalized spacial score (nSPS) is 19.5. The Bertz CT molecular complexity index is 323. The van der Waals surface area contributed by atoms with Gasteiger partial charge in [-0.3, -0.25) is 0 Å². The number of imide groups is 1. The molecule has 6 heteroatoms. The Kier molecular flexibility index (Phi) is 5.60. The van der Waals surface area contributed by atoms with Gasteiger partial charge >= 0.3 is 12.2 Å². The first kappa shape index (κ1) is 15.8. The largest absolute Gasteiger partial charge is 0.447 e. The molecule has 110 valence electrons. The van der Waals surface area contributed by atoms with Crippen LogP contribution < -0.4 is 0 Å². The molecule has 0 saturated carbocycles. The summed E-state index contributed by atoms with van der Waals surface area (Å²) in [4.78, 5) is 24.5. The molecule has 2 amide bonds. The summed E-state index contributed by atoms with van der Waals surface area (Å²) in [6.07, 6.45) is 0.640. The molecule has 1 aliphatic heterocycles. The summed E-state index contributed by atoms with van der Waals surface area (Å²) in [5, 5.41) is 0. The molecule has 1 fully saturated rings. The van der Waals surface area contributed by atoms with Crippen molar-refractivity contribution < 1.29 is 23.8 Å². The van der Waals surface area contributed by atoms with Crippen LogP contribution in [0.25, 0.3) is 0 Å². The average Bonchev–Trinajstić information content (AvgIpc) is 2.64. The molecule has 1 unspecified atom stereocenters. The second kappa shape index (κ2) is 6.75. The molecule has 0 aromatic carbocycles. The van der Waals surface area contributed by atoms with Crippen LogP contribution in [0.2, 0.25) is 0 Å². The molecule has 1 saturated heterocycles. The molecule has 6 nitrogen and oxygen atoms in total. The zero-order valence-corrected chi connectivity index (χ0v) is 12.1. The van der Waals surface area contributed by atoms with E-state index in [2.05, 4.69) is 6.92 Å². The van der Waals surface area contributed by atoms with Crippen LogP contribution in [-0.2, 0) is 14.2 Å². The highest BCUT2D eigenvalue weighted by Crippen LogP contribution is 2.18. The molecule has 0 radical (unpaired) electrons. The van der Waals surface area contributed by atoms with Crippen molar-refractivity contribution >= 4 is 12.2 Å². The molecule has 0 aliphatic carbocycles. The second-order valence-corrected chi connectivity index (χ2v) is 5.51. The Labute approximate surface area is 114 Å². The van der Waals surface area contributed by atoms with Gasteiger partial charge in [0.1, 0.15) is 18.2 Å². The summed E-state index contributed by atoms with van der Waals surface area (Å²) in [5.41, 5.74) is -0.645. The number of cyclic esters (lactones) is 1. The smallest absolute Gasteiger partial charge is 0.420 e. The Balaban J connectivity index is 2.52. The Morgan fingerprint density at radius 3 is 2.74 bits per heavy atom. The van der Waals surface area contributed by atoms with Gasteiger partial charge in [0.2, 0.25) is 0 Å². The lowest BCUT2D eigenvalue weighted by molar-refractivity contribution is 0.0195. The summed E-state index contributed by atoms with van der Waals surface area (Å²) >= 11 is 0. The number of ether oxygens (including phenoxy) is 3. The van der Waals surface area contributed by atoms with Crippen molar-refractivity contribution in [2.45, 2.75) is 52.2 Å². The van der Waals surface area contributed by atoms with Gasteiger partial charge in [-0.1, -0.05) is 13.3 Å². The highest BCUT2D eigenvalue weighted by Gasteiger charge is 2.40. The van der Waals surface area contributed by atoms with Gasteiger partial charge in [0.05, 0.1) is 6.61 Å². The lowest BCUT2D eigenvalue weighted by Crippen LogP contribution is -2.44. The van der Waals surface area contributed by atoms with E-state index in [1.807, 2.05) is 0 Å². The molecular formula is C13H23NO5. The van der Waals surface area contributed by atoms with Crippen LogP contribution in [0.15, 0.2) is 0 Å².